The number of β-lactam (4-membered cyclic amide) rings is 1. The molecule has 102 valence electrons. The van der Waals surface area contributed by atoms with Crippen molar-refractivity contribution in [2.24, 2.45) is 5.73 Å². The monoisotopic (exact) mass is 286 g/mol. The van der Waals surface area contributed by atoms with E-state index in [1.54, 1.807) is 4.90 Å². The molecule has 1 saturated heterocycles. The zero-order chi connectivity index (χ0) is 14.1. The Kier molecular flexibility index (Phi) is 3.47. The van der Waals surface area contributed by atoms with Gasteiger partial charge >= 0.3 is 0 Å². The van der Waals surface area contributed by atoms with Crippen molar-refractivity contribution in [3.05, 3.63) is 70.7 Å². The molecule has 20 heavy (non-hydrogen) atoms. The summed E-state index contributed by atoms with van der Waals surface area (Å²) in [6.45, 7) is 0.559. The van der Waals surface area contributed by atoms with Gasteiger partial charge in [0.15, 0.2) is 0 Å². The Morgan fingerprint density at radius 3 is 2.40 bits per heavy atom. The first kappa shape index (κ1) is 13.2. The molecule has 0 aliphatic carbocycles. The highest BCUT2D eigenvalue weighted by atomic mass is 35.5. The van der Waals surface area contributed by atoms with E-state index in [9.17, 15) is 4.79 Å². The van der Waals surface area contributed by atoms with Gasteiger partial charge in [-0.15, -0.1) is 0 Å². The van der Waals surface area contributed by atoms with Gasteiger partial charge in [0.2, 0.25) is 5.91 Å². The van der Waals surface area contributed by atoms with Crippen LogP contribution in [0.5, 0.6) is 0 Å². The molecular formula is C16H15ClN2O. The lowest BCUT2D eigenvalue weighted by Gasteiger charge is -2.46. The number of likely N-dealkylation sites (tertiary alicyclic amines) is 1. The topological polar surface area (TPSA) is 46.3 Å². The molecule has 0 spiro atoms. The molecule has 0 radical (unpaired) electrons. The normalized spacial score (nSPS) is 21.7. The van der Waals surface area contributed by atoms with Crippen LogP contribution in [0, 0.1) is 0 Å². The number of halogens is 1. The summed E-state index contributed by atoms with van der Waals surface area (Å²) in [6, 6.07) is 16.8. The third-order valence-electron chi connectivity index (χ3n) is 3.66. The van der Waals surface area contributed by atoms with Crippen LogP contribution in [0.25, 0.3) is 0 Å². The molecule has 2 N–H and O–H groups in total. The zero-order valence-corrected chi connectivity index (χ0v) is 11.6. The van der Waals surface area contributed by atoms with Crippen LogP contribution >= 0.6 is 11.6 Å². The minimum absolute atomic E-state index is 0.0289. The summed E-state index contributed by atoms with van der Waals surface area (Å²) in [5, 5.41) is 0.651. The maximum absolute atomic E-state index is 12.0. The summed E-state index contributed by atoms with van der Waals surface area (Å²) in [6.07, 6.45) is 0. The number of rotatable bonds is 3. The molecule has 2 aromatic rings. The predicted molar refractivity (Wildman–Crippen MR) is 79.2 cm³/mol. The van der Waals surface area contributed by atoms with Crippen molar-refractivity contribution in [3.8, 4) is 0 Å². The molecule has 1 aliphatic heterocycles. The third-order valence-corrected chi connectivity index (χ3v) is 4.01. The Labute approximate surface area is 123 Å². The number of carbonyl (C=O) groups is 1. The average molecular weight is 287 g/mol. The molecule has 4 heteroatoms. The molecule has 3 rings (SSSR count). The summed E-state index contributed by atoms with van der Waals surface area (Å²) < 4.78 is 0. The minimum Gasteiger partial charge on any atom is -0.328 e. The second-order valence-electron chi connectivity index (χ2n) is 4.94. The van der Waals surface area contributed by atoms with Crippen LogP contribution in [0.3, 0.4) is 0 Å². The number of carbonyl (C=O) groups excluding carboxylic acids is 1. The van der Waals surface area contributed by atoms with Gasteiger partial charge in [0.25, 0.3) is 0 Å². The van der Waals surface area contributed by atoms with E-state index in [1.807, 2.05) is 54.6 Å². The zero-order valence-electron chi connectivity index (χ0n) is 10.9. The van der Waals surface area contributed by atoms with Crippen molar-refractivity contribution in [2.75, 3.05) is 0 Å². The van der Waals surface area contributed by atoms with E-state index >= 15 is 0 Å². The lowest BCUT2D eigenvalue weighted by Crippen LogP contribution is -2.62. The Morgan fingerprint density at radius 1 is 1.05 bits per heavy atom. The van der Waals surface area contributed by atoms with Crippen molar-refractivity contribution in [1.82, 2.24) is 4.90 Å². The van der Waals surface area contributed by atoms with Crippen LogP contribution < -0.4 is 5.73 Å². The molecular weight excluding hydrogens is 272 g/mol. The van der Waals surface area contributed by atoms with Crippen molar-refractivity contribution >= 4 is 17.5 Å². The van der Waals surface area contributed by atoms with Gasteiger partial charge in [0, 0.05) is 11.6 Å². The molecule has 1 amide bonds. The van der Waals surface area contributed by atoms with Crippen molar-refractivity contribution in [2.45, 2.75) is 18.6 Å². The number of amides is 1. The molecule has 0 saturated carbocycles. The minimum atomic E-state index is -0.501. The van der Waals surface area contributed by atoms with Gasteiger partial charge in [0.05, 0.1) is 6.04 Å². The highest BCUT2D eigenvalue weighted by Gasteiger charge is 2.46. The molecule has 2 aromatic carbocycles. The van der Waals surface area contributed by atoms with Crippen LogP contribution in [0.1, 0.15) is 17.2 Å². The van der Waals surface area contributed by atoms with Crippen molar-refractivity contribution in [1.29, 1.82) is 0 Å². The van der Waals surface area contributed by atoms with E-state index in [4.69, 9.17) is 17.3 Å². The second-order valence-corrected chi connectivity index (χ2v) is 5.35. The van der Waals surface area contributed by atoms with E-state index in [-0.39, 0.29) is 11.9 Å². The number of nitrogens with zero attached hydrogens (tertiary/aromatic N) is 1. The maximum atomic E-state index is 12.0. The lowest BCUT2D eigenvalue weighted by molar-refractivity contribution is -0.150. The highest BCUT2D eigenvalue weighted by molar-refractivity contribution is 6.31. The molecule has 2 atom stereocenters. The van der Waals surface area contributed by atoms with Gasteiger partial charge in [0.1, 0.15) is 6.04 Å². The van der Waals surface area contributed by atoms with E-state index in [2.05, 4.69) is 0 Å². The Hall–Kier alpha value is -1.84. The molecule has 1 aliphatic rings. The number of hydrogen-bond acceptors (Lipinski definition) is 2. The molecule has 1 heterocycles. The first-order valence-corrected chi connectivity index (χ1v) is 6.90. The largest absolute Gasteiger partial charge is 0.328 e. The summed E-state index contributed by atoms with van der Waals surface area (Å²) in [7, 11) is 0. The van der Waals surface area contributed by atoms with E-state index < -0.39 is 6.04 Å². The van der Waals surface area contributed by atoms with Crippen LogP contribution in [-0.4, -0.2) is 16.8 Å². The van der Waals surface area contributed by atoms with Crippen LogP contribution in [0.4, 0.5) is 0 Å². The summed E-state index contributed by atoms with van der Waals surface area (Å²) in [4.78, 5) is 13.8. The fourth-order valence-electron chi connectivity index (χ4n) is 2.61. The fraction of sp³-hybridized carbons (Fsp3) is 0.188. The second kappa shape index (κ2) is 5.27. The quantitative estimate of drug-likeness (QED) is 0.882. The van der Waals surface area contributed by atoms with Gasteiger partial charge in [-0.2, -0.15) is 0 Å². The Bertz CT molecular complexity index is 629. The summed E-state index contributed by atoms with van der Waals surface area (Å²) in [5.41, 5.74) is 7.96. The van der Waals surface area contributed by atoms with Crippen molar-refractivity contribution < 1.29 is 4.79 Å². The third kappa shape index (κ3) is 2.19. The fourth-order valence-corrected chi connectivity index (χ4v) is 2.86. The number of hydrogen-bond donors (Lipinski definition) is 1. The van der Waals surface area contributed by atoms with Gasteiger partial charge in [-0.05, 0) is 17.2 Å². The van der Waals surface area contributed by atoms with Gasteiger partial charge in [-0.1, -0.05) is 60.1 Å². The molecule has 1 fully saturated rings. The predicted octanol–water partition coefficient (Wildman–Crippen LogP) is 2.75. The Balaban J connectivity index is 1.87. The van der Waals surface area contributed by atoms with Crippen LogP contribution in [-0.2, 0) is 11.3 Å². The van der Waals surface area contributed by atoms with Crippen molar-refractivity contribution in [3.63, 3.8) is 0 Å². The number of nitrogens with two attached hydrogens (primary N) is 1. The van der Waals surface area contributed by atoms with Crippen LogP contribution in [0.15, 0.2) is 54.6 Å². The smallest absolute Gasteiger partial charge is 0.242 e. The van der Waals surface area contributed by atoms with Gasteiger partial charge in [-0.3, -0.25) is 4.79 Å². The van der Waals surface area contributed by atoms with E-state index in [0.29, 0.717) is 11.6 Å². The summed E-state index contributed by atoms with van der Waals surface area (Å²) >= 11 is 6.22. The average Bonchev–Trinajstić information content (AvgIpc) is 2.49. The van der Waals surface area contributed by atoms with Gasteiger partial charge in [-0.25, -0.2) is 0 Å². The van der Waals surface area contributed by atoms with E-state index in [0.717, 1.165) is 11.1 Å². The van der Waals surface area contributed by atoms with Crippen LogP contribution in [0.2, 0.25) is 5.02 Å². The Morgan fingerprint density at radius 2 is 1.70 bits per heavy atom. The first-order valence-electron chi connectivity index (χ1n) is 6.53. The highest BCUT2D eigenvalue weighted by Crippen LogP contribution is 2.38. The standard InChI is InChI=1S/C16H15ClN2O/c17-13-9-5-4-8-12(13)15-14(18)16(20)19(15)10-11-6-2-1-3-7-11/h1-9,14-15H,10,18H2/t14-,15-/m0/s1. The van der Waals surface area contributed by atoms with E-state index in [1.165, 1.54) is 0 Å². The molecule has 3 nitrogen and oxygen atoms in total. The number of benzene rings is 2. The first-order chi connectivity index (χ1) is 9.68. The van der Waals surface area contributed by atoms with Gasteiger partial charge < -0.3 is 10.6 Å². The summed E-state index contributed by atoms with van der Waals surface area (Å²) in [5.74, 6) is -0.0289. The maximum Gasteiger partial charge on any atom is 0.242 e. The SMILES string of the molecule is N[C@@H]1C(=O)N(Cc2ccccc2)[C@H]1c1ccccc1Cl. The molecule has 0 unspecified atom stereocenters. The lowest BCUT2D eigenvalue weighted by atomic mass is 9.88. The molecule has 0 bridgehead atoms. The molecule has 0 aromatic heterocycles.